The van der Waals surface area contributed by atoms with Crippen LogP contribution < -0.4 is 0 Å². The minimum Gasteiger partial charge on any atom is -0.378 e. The minimum absolute atomic E-state index is 0.111. The van der Waals surface area contributed by atoms with Gasteiger partial charge in [0.1, 0.15) is 5.25 Å². The van der Waals surface area contributed by atoms with Crippen LogP contribution in [-0.4, -0.2) is 47.1 Å². The Hall–Kier alpha value is -2.31. The Morgan fingerprint density at radius 2 is 1.80 bits per heavy atom. The van der Waals surface area contributed by atoms with E-state index in [1.165, 1.54) is 11.8 Å². The normalized spacial score (nSPS) is 16.1. The van der Waals surface area contributed by atoms with Crippen molar-refractivity contribution < 1.29 is 9.53 Å². The number of para-hydroxylation sites is 2. The van der Waals surface area contributed by atoms with Gasteiger partial charge in [-0.25, -0.2) is 4.98 Å². The Bertz CT molecular complexity index is 826. The SMILES string of the molecule is O=C([C@@H](Sc1nc2ccccc2[nH]1)c1ccccc1)N1CCOCC1. The van der Waals surface area contributed by atoms with Crippen molar-refractivity contribution in [2.75, 3.05) is 26.3 Å². The highest BCUT2D eigenvalue weighted by Crippen LogP contribution is 2.36. The summed E-state index contributed by atoms with van der Waals surface area (Å²) in [6.07, 6.45) is 0. The zero-order valence-electron chi connectivity index (χ0n) is 13.7. The number of nitrogens with zero attached hydrogens (tertiary/aromatic N) is 2. The average molecular weight is 353 g/mol. The van der Waals surface area contributed by atoms with E-state index in [1.54, 1.807) is 0 Å². The van der Waals surface area contributed by atoms with E-state index in [0.717, 1.165) is 21.8 Å². The van der Waals surface area contributed by atoms with Crippen molar-refractivity contribution in [3.8, 4) is 0 Å². The van der Waals surface area contributed by atoms with E-state index in [2.05, 4.69) is 9.97 Å². The monoisotopic (exact) mass is 353 g/mol. The van der Waals surface area contributed by atoms with Crippen LogP contribution in [0.4, 0.5) is 0 Å². The standard InChI is InChI=1S/C19H19N3O2S/c23-18(22-10-12-24-13-11-22)17(14-6-2-1-3-7-14)25-19-20-15-8-4-5-9-16(15)21-19/h1-9,17H,10-13H2,(H,20,21)/t17-/m0/s1. The third kappa shape index (κ3) is 3.55. The van der Waals surface area contributed by atoms with Crippen LogP contribution in [0.25, 0.3) is 11.0 Å². The molecule has 1 amide bonds. The lowest BCUT2D eigenvalue weighted by Crippen LogP contribution is -2.42. The molecule has 3 aromatic rings. The van der Waals surface area contributed by atoms with Crippen LogP contribution >= 0.6 is 11.8 Å². The number of hydrogen-bond donors (Lipinski definition) is 1. The van der Waals surface area contributed by atoms with Gasteiger partial charge in [-0.05, 0) is 17.7 Å². The van der Waals surface area contributed by atoms with Gasteiger partial charge in [0.25, 0.3) is 0 Å². The number of benzene rings is 2. The van der Waals surface area contributed by atoms with Crippen molar-refractivity contribution in [2.24, 2.45) is 0 Å². The van der Waals surface area contributed by atoms with E-state index in [4.69, 9.17) is 4.74 Å². The maximum atomic E-state index is 13.1. The van der Waals surface area contributed by atoms with Crippen molar-refractivity contribution >= 4 is 28.7 Å². The molecule has 2 heterocycles. The molecule has 0 saturated carbocycles. The van der Waals surface area contributed by atoms with Crippen LogP contribution in [-0.2, 0) is 9.53 Å². The van der Waals surface area contributed by atoms with Gasteiger partial charge in [0.15, 0.2) is 5.16 Å². The summed E-state index contributed by atoms with van der Waals surface area (Å²) in [4.78, 5) is 22.9. The van der Waals surface area contributed by atoms with E-state index in [1.807, 2.05) is 59.5 Å². The molecule has 1 fully saturated rings. The molecule has 2 aromatic carbocycles. The first-order valence-electron chi connectivity index (χ1n) is 8.34. The number of aromatic amines is 1. The summed E-state index contributed by atoms with van der Waals surface area (Å²) in [7, 11) is 0. The molecule has 1 atom stereocenters. The molecule has 0 spiro atoms. The van der Waals surface area contributed by atoms with Gasteiger partial charge in [0, 0.05) is 13.1 Å². The molecule has 1 saturated heterocycles. The molecule has 1 aromatic heterocycles. The molecular formula is C19H19N3O2S. The number of carbonyl (C=O) groups is 1. The first kappa shape index (κ1) is 16.2. The number of rotatable bonds is 4. The van der Waals surface area contributed by atoms with E-state index in [9.17, 15) is 4.79 Å². The molecule has 128 valence electrons. The smallest absolute Gasteiger partial charge is 0.240 e. The average Bonchev–Trinajstić information content (AvgIpc) is 3.09. The lowest BCUT2D eigenvalue weighted by Gasteiger charge is -2.30. The highest BCUT2D eigenvalue weighted by atomic mass is 32.2. The van der Waals surface area contributed by atoms with Gasteiger partial charge in [-0.2, -0.15) is 0 Å². The number of morpholine rings is 1. The predicted octanol–water partition coefficient (Wildman–Crippen LogP) is 3.26. The Labute approximate surface area is 150 Å². The van der Waals surface area contributed by atoms with Gasteiger partial charge in [0.2, 0.25) is 5.91 Å². The predicted molar refractivity (Wildman–Crippen MR) is 98.5 cm³/mol. The van der Waals surface area contributed by atoms with Crippen LogP contribution in [0.2, 0.25) is 0 Å². The molecule has 1 aliphatic rings. The molecule has 0 radical (unpaired) electrons. The summed E-state index contributed by atoms with van der Waals surface area (Å²) in [5.41, 5.74) is 2.88. The van der Waals surface area contributed by atoms with Gasteiger partial charge in [-0.3, -0.25) is 4.79 Å². The number of carbonyl (C=O) groups excluding carboxylic acids is 1. The minimum atomic E-state index is -0.320. The maximum absolute atomic E-state index is 13.1. The zero-order valence-corrected chi connectivity index (χ0v) is 14.5. The number of thioether (sulfide) groups is 1. The largest absolute Gasteiger partial charge is 0.378 e. The number of aromatic nitrogens is 2. The summed E-state index contributed by atoms with van der Waals surface area (Å²) in [5, 5.41) is 0.441. The molecule has 0 aliphatic carbocycles. The number of imidazole rings is 1. The molecule has 4 rings (SSSR count). The molecule has 1 N–H and O–H groups in total. The van der Waals surface area contributed by atoms with Crippen LogP contribution in [0.3, 0.4) is 0 Å². The molecule has 25 heavy (non-hydrogen) atoms. The summed E-state index contributed by atoms with van der Waals surface area (Å²) < 4.78 is 5.37. The molecular weight excluding hydrogens is 334 g/mol. The Balaban J connectivity index is 1.63. The van der Waals surface area contributed by atoms with Crippen LogP contribution in [0.15, 0.2) is 59.8 Å². The first-order chi connectivity index (χ1) is 12.3. The van der Waals surface area contributed by atoms with Crippen molar-refractivity contribution in [3.05, 3.63) is 60.2 Å². The number of fused-ring (bicyclic) bond motifs is 1. The van der Waals surface area contributed by atoms with Crippen molar-refractivity contribution in [1.82, 2.24) is 14.9 Å². The highest BCUT2D eigenvalue weighted by Gasteiger charge is 2.29. The maximum Gasteiger partial charge on any atom is 0.240 e. The fourth-order valence-corrected chi connectivity index (χ4v) is 4.02. The Kier molecular flexibility index (Phi) is 4.72. The summed E-state index contributed by atoms with van der Waals surface area (Å²) in [6, 6.07) is 17.8. The van der Waals surface area contributed by atoms with Gasteiger partial charge in [-0.1, -0.05) is 54.2 Å². The number of ether oxygens (including phenoxy) is 1. The van der Waals surface area contributed by atoms with E-state index in [-0.39, 0.29) is 11.2 Å². The third-order valence-electron chi connectivity index (χ3n) is 4.25. The second-order valence-corrected chi connectivity index (χ2v) is 7.00. The van der Waals surface area contributed by atoms with Gasteiger partial charge in [-0.15, -0.1) is 0 Å². The first-order valence-corrected chi connectivity index (χ1v) is 9.22. The number of H-pyrrole nitrogens is 1. The summed E-state index contributed by atoms with van der Waals surface area (Å²) in [6.45, 7) is 2.48. The topological polar surface area (TPSA) is 58.2 Å². The van der Waals surface area contributed by atoms with Gasteiger partial charge >= 0.3 is 0 Å². The number of nitrogens with one attached hydrogen (secondary N) is 1. The molecule has 5 nitrogen and oxygen atoms in total. The highest BCUT2D eigenvalue weighted by molar-refractivity contribution is 8.00. The van der Waals surface area contributed by atoms with Crippen LogP contribution in [0.5, 0.6) is 0 Å². The second-order valence-electron chi connectivity index (χ2n) is 5.91. The Morgan fingerprint density at radius 1 is 1.08 bits per heavy atom. The second kappa shape index (κ2) is 7.29. The lowest BCUT2D eigenvalue weighted by atomic mass is 10.1. The van der Waals surface area contributed by atoms with Gasteiger partial charge in [0.05, 0.1) is 24.2 Å². The number of hydrogen-bond acceptors (Lipinski definition) is 4. The number of amides is 1. The summed E-state index contributed by atoms with van der Waals surface area (Å²) in [5.74, 6) is 0.111. The molecule has 6 heteroatoms. The quantitative estimate of drug-likeness (QED) is 0.732. The zero-order chi connectivity index (χ0) is 17.1. The van der Waals surface area contributed by atoms with Crippen LogP contribution in [0, 0.1) is 0 Å². The van der Waals surface area contributed by atoms with Crippen molar-refractivity contribution in [2.45, 2.75) is 10.4 Å². The fraction of sp³-hybridized carbons (Fsp3) is 0.263. The fourth-order valence-electron chi connectivity index (χ4n) is 2.94. The van der Waals surface area contributed by atoms with E-state index in [0.29, 0.717) is 26.3 Å². The molecule has 0 unspecified atom stereocenters. The van der Waals surface area contributed by atoms with Crippen LogP contribution in [0.1, 0.15) is 10.8 Å². The van der Waals surface area contributed by atoms with Crippen molar-refractivity contribution in [1.29, 1.82) is 0 Å². The Morgan fingerprint density at radius 3 is 2.56 bits per heavy atom. The third-order valence-corrected chi connectivity index (χ3v) is 5.37. The molecule has 0 bridgehead atoms. The van der Waals surface area contributed by atoms with E-state index >= 15 is 0 Å². The summed E-state index contributed by atoms with van der Waals surface area (Å²) >= 11 is 1.47. The lowest BCUT2D eigenvalue weighted by molar-refractivity contribution is -0.134. The molecule has 1 aliphatic heterocycles. The van der Waals surface area contributed by atoms with Crippen molar-refractivity contribution in [3.63, 3.8) is 0 Å². The van der Waals surface area contributed by atoms with Gasteiger partial charge < -0.3 is 14.6 Å². The van der Waals surface area contributed by atoms with E-state index < -0.39 is 0 Å².